The van der Waals surface area contributed by atoms with Crippen LogP contribution < -0.4 is 20.1 Å². The number of hydrogen-bond acceptors (Lipinski definition) is 4. The van der Waals surface area contributed by atoms with Crippen molar-refractivity contribution in [3.8, 4) is 11.5 Å². The number of nitrogens with one attached hydrogen (secondary N) is 2. The molecule has 168 valence electrons. The van der Waals surface area contributed by atoms with Gasteiger partial charge in [0.1, 0.15) is 0 Å². The van der Waals surface area contributed by atoms with Gasteiger partial charge in [0.2, 0.25) is 5.91 Å². The first kappa shape index (κ1) is 24.8. The summed E-state index contributed by atoms with van der Waals surface area (Å²) in [5.74, 6) is 2.28. The Hall–Kier alpha value is -2.49. The van der Waals surface area contributed by atoms with E-state index in [0.717, 1.165) is 36.3 Å². The highest BCUT2D eigenvalue weighted by molar-refractivity contribution is 14.0. The number of rotatable bonds is 8. The third-order valence-electron chi connectivity index (χ3n) is 4.98. The number of anilines is 1. The fourth-order valence-electron chi connectivity index (χ4n) is 3.37. The van der Waals surface area contributed by atoms with Crippen molar-refractivity contribution in [3.05, 3.63) is 53.6 Å². The topological polar surface area (TPSA) is 75.2 Å². The van der Waals surface area contributed by atoms with Crippen molar-refractivity contribution in [1.29, 1.82) is 0 Å². The minimum atomic E-state index is 0. The Bertz CT molecular complexity index is 887. The van der Waals surface area contributed by atoms with E-state index in [9.17, 15) is 4.79 Å². The molecule has 2 aromatic carbocycles. The van der Waals surface area contributed by atoms with Crippen molar-refractivity contribution in [2.75, 3.05) is 32.6 Å². The van der Waals surface area contributed by atoms with Crippen molar-refractivity contribution >= 4 is 41.5 Å². The molecule has 0 unspecified atom stereocenters. The number of amides is 1. The largest absolute Gasteiger partial charge is 0.493 e. The molecule has 1 amide bonds. The van der Waals surface area contributed by atoms with Crippen molar-refractivity contribution < 1.29 is 14.3 Å². The van der Waals surface area contributed by atoms with Crippen molar-refractivity contribution in [1.82, 2.24) is 10.2 Å². The lowest BCUT2D eigenvalue weighted by molar-refractivity contribution is -0.128. The van der Waals surface area contributed by atoms with Crippen molar-refractivity contribution in [3.63, 3.8) is 0 Å². The second kappa shape index (κ2) is 12.4. The number of nitrogens with zero attached hydrogens (tertiary/aromatic N) is 2. The Morgan fingerprint density at radius 1 is 1.06 bits per heavy atom. The summed E-state index contributed by atoms with van der Waals surface area (Å²) in [5.41, 5.74) is 3.11. The zero-order valence-electron chi connectivity index (χ0n) is 18.3. The maximum Gasteiger partial charge on any atom is 0.222 e. The molecule has 1 heterocycles. The highest BCUT2D eigenvalue weighted by Gasteiger charge is 2.19. The Balaban J connectivity index is 0.00000341. The van der Waals surface area contributed by atoms with E-state index in [-0.39, 0.29) is 29.9 Å². The van der Waals surface area contributed by atoms with Gasteiger partial charge in [-0.15, -0.1) is 24.0 Å². The van der Waals surface area contributed by atoms with Crippen molar-refractivity contribution in [2.45, 2.75) is 32.9 Å². The summed E-state index contributed by atoms with van der Waals surface area (Å²) in [5, 5.41) is 6.55. The van der Waals surface area contributed by atoms with Gasteiger partial charge in [0.05, 0.1) is 20.8 Å². The molecule has 1 fully saturated rings. The summed E-state index contributed by atoms with van der Waals surface area (Å²) in [6.07, 6.45) is 1.64. The SMILES string of the molecule is CCNC(=NCc1ccc(CN2CCCC2=O)cc1)Nc1ccc(OC)c(OC)c1.I. The lowest BCUT2D eigenvalue weighted by atomic mass is 10.1. The van der Waals surface area contributed by atoms with Crippen LogP contribution in [0.2, 0.25) is 0 Å². The molecule has 3 rings (SSSR count). The Morgan fingerprint density at radius 2 is 1.77 bits per heavy atom. The fraction of sp³-hybridized carbons (Fsp3) is 0.391. The van der Waals surface area contributed by atoms with E-state index in [1.165, 1.54) is 0 Å². The van der Waals surface area contributed by atoms with Gasteiger partial charge in [0, 0.05) is 37.8 Å². The van der Waals surface area contributed by atoms with Gasteiger partial charge in [-0.3, -0.25) is 4.79 Å². The standard InChI is InChI=1S/C23H30N4O3.HI/c1-4-24-23(26-19-11-12-20(29-2)21(14-19)30-3)25-15-17-7-9-18(10-8-17)16-27-13-5-6-22(27)28;/h7-12,14H,4-6,13,15-16H2,1-3H3,(H2,24,25,26);1H. The van der Waals surface area contributed by atoms with E-state index in [1.807, 2.05) is 30.0 Å². The quantitative estimate of drug-likeness (QED) is 0.302. The van der Waals surface area contributed by atoms with E-state index in [2.05, 4.69) is 39.9 Å². The maximum absolute atomic E-state index is 11.8. The highest BCUT2D eigenvalue weighted by Crippen LogP contribution is 2.29. The number of guanidine groups is 1. The van der Waals surface area contributed by atoms with Gasteiger partial charge >= 0.3 is 0 Å². The molecule has 1 aliphatic rings. The third kappa shape index (κ3) is 7.02. The van der Waals surface area contributed by atoms with Crippen LogP contribution in [0, 0.1) is 0 Å². The smallest absolute Gasteiger partial charge is 0.222 e. The van der Waals surface area contributed by atoms with Gasteiger partial charge in [-0.25, -0.2) is 4.99 Å². The average Bonchev–Trinajstić information content (AvgIpc) is 3.17. The Morgan fingerprint density at radius 3 is 2.39 bits per heavy atom. The number of carbonyl (C=O) groups excluding carboxylic acids is 1. The lowest BCUT2D eigenvalue weighted by Crippen LogP contribution is -2.30. The van der Waals surface area contributed by atoms with Crippen LogP contribution in [0.3, 0.4) is 0 Å². The molecule has 2 aromatic rings. The molecule has 0 aromatic heterocycles. The minimum absolute atomic E-state index is 0. The van der Waals surface area contributed by atoms with E-state index in [0.29, 0.717) is 37.0 Å². The first-order valence-electron chi connectivity index (χ1n) is 10.3. The zero-order valence-corrected chi connectivity index (χ0v) is 20.6. The minimum Gasteiger partial charge on any atom is -0.493 e. The van der Waals surface area contributed by atoms with Crippen LogP contribution in [0.5, 0.6) is 11.5 Å². The summed E-state index contributed by atoms with van der Waals surface area (Å²) >= 11 is 0. The van der Waals surface area contributed by atoms with Gasteiger partial charge in [0.25, 0.3) is 0 Å². The molecule has 0 spiro atoms. The van der Waals surface area contributed by atoms with E-state index >= 15 is 0 Å². The Kier molecular flexibility index (Phi) is 9.90. The van der Waals surface area contributed by atoms with Gasteiger partial charge in [-0.1, -0.05) is 24.3 Å². The highest BCUT2D eigenvalue weighted by atomic mass is 127. The van der Waals surface area contributed by atoms with Gasteiger partial charge in [0.15, 0.2) is 17.5 Å². The van der Waals surface area contributed by atoms with E-state index < -0.39 is 0 Å². The zero-order chi connectivity index (χ0) is 21.3. The molecule has 8 heteroatoms. The first-order valence-corrected chi connectivity index (χ1v) is 10.3. The molecule has 1 aliphatic heterocycles. The van der Waals surface area contributed by atoms with Gasteiger partial charge in [-0.2, -0.15) is 0 Å². The summed E-state index contributed by atoms with van der Waals surface area (Å²) in [6.45, 7) is 4.87. The van der Waals surface area contributed by atoms with Crippen LogP contribution in [-0.2, 0) is 17.9 Å². The molecule has 0 saturated carbocycles. The number of ether oxygens (including phenoxy) is 2. The first-order chi connectivity index (χ1) is 14.6. The molecule has 7 nitrogen and oxygen atoms in total. The molecular weight excluding hydrogens is 507 g/mol. The van der Waals surface area contributed by atoms with E-state index in [1.54, 1.807) is 14.2 Å². The second-order valence-corrected chi connectivity index (χ2v) is 7.13. The number of hydrogen-bond donors (Lipinski definition) is 2. The molecule has 31 heavy (non-hydrogen) atoms. The molecule has 0 bridgehead atoms. The van der Waals surface area contributed by atoms with E-state index in [4.69, 9.17) is 9.47 Å². The Labute approximate surface area is 201 Å². The molecule has 1 saturated heterocycles. The summed E-state index contributed by atoms with van der Waals surface area (Å²) < 4.78 is 10.6. The van der Waals surface area contributed by atoms with Crippen molar-refractivity contribution in [2.24, 2.45) is 4.99 Å². The van der Waals surface area contributed by atoms with Gasteiger partial charge in [-0.05, 0) is 36.6 Å². The van der Waals surface area contributed by atoms with Crippen LogP contribution in [0.1, 0.15) is 30.9 Å². The molecular formula is C23H31IN4O3. The normalized spacial score (nSPS) is 13.6. The number of carbonyl (C=O) groups is 1. The summed E-state index contributed by atoms with van der Waals surface area (Å²) in [4.78, 5) is 18.4. The molecule has 2 N–H and O–H groups in total. The number of aliphatic imine (C=N–C) groups is 1. The van der Waals surface area contributed by atoms with Crippen LogP contribution in [0.15, 0.2) is 47.5 Å². The predicted molar refractivity (Wildman–Crippen MR) is 134 cm³/mol. The van der Waals surface area contributed by atoms with Gasteiger partial charge < -0.3 is 25.0 Å². The van der Waals surface area contributed by atoms with Crippen LogP contribution in [-0.4, -0.2) is 44.1 Å². The molecule has 0 aliphatic carbocycles. The predicted octanol–water partition coefficient (Wildman–Crippen LogP) is 4.02. The maximum atomic E-state index is 11.8. The number of benzene rings is 2. The van der Waals surface area contributed by atoms with Crippen LogP contribution >= 0.6 is 24.0 Å². The fourth-order valence-corrected chi connectivity index (χ4v) is 3.37. The molecule has 0 atom stereocenters. The summed E-state index contributed by atoms with van der Waals surface area (Å²) in [7, 11) is 3.23. The second-order valence-electron chi connectivity index (χ2n) is 7.13. The number of likely N-dealkylation sites (tertiary alicyclic amines) is 1. The third-order valence-corrected chi connectivity index (χ3v) is 4.98. The average molecular weight is 538 g/mol. The van der Waals surface area contributed by atoms with Crippen LogP contribution in [0.25, 0.3) is 0 Å². The number of methoxy groups -OCH3 is 2. The lowest BCUT2D eigenvalue weighted by Gasteiger charge is -2.15. The summed E-state index contributed by atoms with van der Waals surface area (Å²) in [6, 6.07) is 13.9. The molecule has 0 radical (unpaired) electrons. The van der Waals surface area contributed by atoms with Crippen LogP contribution in [0.4, 0.5) is 5.69 Å². The number of halogens is 1. The monoisotopic (exact) mass is 538 g/mol.